The molecule has 6 nitrogen and oxygen atoms in total. The zero-order valence-electron chi connectivity index (χ0n) is 14.2. The summed E-state index contributed by atoms with van der Waals surface area (Å²) in [4.78, 5) is 4.37. The van der Waals surface area contributed by atoms with Crippen molar-refractivity contribution >= 4 is 5.95 Å². The quantitative estimate of drug-likeness (QED) is 0.791. The van der Waals surface area contributed by atoms with E-state index in [0.29, 0.717) is 0 Å². The maximum Gasteiger partial charge on any atom is 0.222 e. The fraction of sp³-hybridized carbons (Fsp3) is 0.263. The zero-order chi connectivity index (χ0) is 17.2. The predicted molar refractivity (Wildman–Crippen MR) is 95.1 cm³/mol. The number of anilines is 1. The second kappa shape index (κ2) is 6.47. The fourth-order valence-electron chi connectivity index (χ4n) is 3.30. The summed E-state index contributed by atoms with van der Waals surface area (Å²) in [6, 6.07) is 16.5. The van der Waals surface area contributed by atoms with Crippen LogP contribution in [-0.2, 0) is 0 Å². The zero-order valence-corrected chi connectivity index (χ0v) is 14.2. The van der Waals surface area contributed by atoms with Crippen LogP contribution in [0.2, 0.25) is 0 Å². The number of nitrogens with zero attached hydrogens (tertiary/aromatic N) is 3. The summed E-state index contributed by atoms with van der Waals surface area (Å²) in [5.41, 5.74) is 2.36. The van der Waals surface area contributed by atoms with E-state index in [9.17, 15) is 0 Å². The lowest BCUT2D eigenvalue weighted by Gasteiger charge is -2.32. The average molecular weight is 336 g/mol. The van der Waals surface area contributed by atoms with Crippen molar-refractivity contribution in [3.63, 3.8) is 0 Å². The minimum atomic E-state index is 0.0981. The highest BCUT2D eigenvalue weighted by Crippen LogP contribution is 2.38. The van der Waals surface area contributed by atoms with Gasteiger partial charge in [0.2, 0.25) is 5.95 Å². The summed E-state index contributed by atoms with van der Waals surface area (Å²) in [5.74, 6) is 2.48. The molecule has 25 heavy (non-hydrogen) atoms. The molecule has 2 aromatic carbocycles. The molecule has 2 heterocycles. The molecule has 0 unspecified atom stereocenters. The van der Waals surface area contributed by atoms with Gasteiger partial charge in [-0.2, -0.15) is 10.1 Å². The van der Waals surface area contributed by atoms with Crippen LogP contribution in [-0.4, -0.2) is 29.0 Å². The number of fused-ring (bicyclic) bond motifs is 1. The molecule has 2 atom stereocenters. The number of nitrogens with one attached hydrogen (secondary N) is 1. The molecule has 0 amide bonds. The molecule has 0 spiro atoms. The lowest BCUT2D eigenvalue weighted by atomic mass is 9.93. The molecule has 0 aliphatic carbocycles. The van der Waals surface area contributed by atoms with Crippen LogP contribution in [0.1, 0.15) is 29.6 Å². The molecule has 1 aliphatic rings. The minimum Gasteiger partial charge on any atom is -0.497 e. The SMILES string of the molecule is COc1ccc([C@@H]2C[C@@H](c3cccc(OC)c3)n3ncnc3N2)cc1. The van der Waals surface area contributed by atoms with Crippen molar-refractivity contribution in [2.75, 3.05) is 19.5 Å². The highest BCUT2D eigenvalue weighted by molar-refractivity contribution is 5.40. The second-order valence-electron chi connectivity index (χ2n) is 6.03. The average Bonchev–Trinajstić information content (AvgIpc) is 3.16. The van der Waals surface area contributed by atoms with Crippen LogP contribution in [0.4, 0.5) is 5.95 Å². The molecule has 0 radical (unpaired) electrons. The van der Waals surface area contributed by atoms with Crippen LogP contribution in [0.15, 0.2) is 54.9 Å². The first-order chi connectivity index (χ1) is 12.3. The molecule has 128 valence electrons. The molecule has 0 fully saturated rings. The van der Waals surface area contributed by atoms with E-state index in [1.807, 2.05) is 28.9 Å². The van der Waals surface area contributed by atoms with Crippen molar-refractivity contribution in [3.05, 3.63) is 66.0 Å². The van der Waals surface area contributed by atoms with Gasteiger partial charge in [-0.05, 0) is 41.8 Å². The van der Waals surface area contributed by atoms with Crippen molar-refractivity contribution in [2.45, 2.75) is 18.5 Å². The molecule has 0 saturated heterocycles. The van der Waals surface area contributed by atoms with Gasteiger partial charge < -0.3 is 14.8 Å². The number of rotatable bonds is 4. The molecule has 3 aromatic rings. The molecule has 6 heteroatoms. The third-order valence-corrected chi connectivity index (χ3v) is 4.63. The van der Waals surface area contributed by atoms with E-state index in [2.05, 4.69) is 39.7 Å². The Bertz CT molecular complexity index is 860. The van der Waals surface area contributed by atoms with Crippen LogP contribution in [0, 0.1) is 0 Å². The molecular formula is C19H20N4O2. The van der Waals surface area contributed by atoms with Gasteiger partial charge in [0.1, 0.15) is 17.8 Å². The number of methoxy groups -OCH3 is 2. The van der Waals surface area contributed by atoms with Gasteiger partial charge in [0.15, 0.2) is 0 Å². The van der Waals surface area contributed by atoms with Gasteiger partial charge >= 0.3 is 0 Å². The van der Waals surface area contributed by atoms with Gasteiger partial charge in [-0.1, -0.05) is 24.3 Å². The molecule has 4 rings (SSSR count). The van der Waals surface area contributed by atoms with E-state index in [-0.39, 0.29) is 12.1 Å². The number of benzene rings is 2. The summed E-state index contributed by atoms with van der Waals surface area (Å²) in [7, 11) is 3.36. The van der Waals surface area contributed by atoms with E-state index in [1.165, 1.54) is 5.56 Å². The predicted octanol–water partition coefficient (Wildman–Crippen LogP) is 3.44. The Morgan fingerprint density at radius 3 is 2.56 bits per heavy atom. The third-order valence-electron chi connectivity index (χ3n) is 4.63. The lowest BCUT2D eigenvalue weighted by Crippen LogP contribution is -2.28. The van der Waals surface area contributed by atoms with Gasteiger partial charge in [0.05, 0.1) is 26.3 Å². The Balaban J connectivity index is 1.69. The van der Waals surface area contributed by atoms with Gasteiger partial charge in [0.25, 0.3) is 0 Å². The van der Waals surface area contributed by atoms with E-state index in [1.54, 1.807) is 20.5 Å². The monoisotopic (exact) mass is 336 g/mol. The minimum absolute atomic E-state index is 0.0981. The number of hydrogen-bond donors (Lipinski definition) is 1. The summed E-state index contributed by atoms with van der Waals surface area (Å²) < 4.78 is 12.6. The molecule has 0 bridgehead atoms. The summed E-state index contributed by atoms with van der Waals surface area (Å²) in [6.07, 6.45) is 2.46. The highest BCUT2D eigenvalue weighted by Gasteiger charge is 2.30. The normalized spacial score (nSPS) is 19.0. The van der Waals surface area contributed by atoms with Crippen LogP contribution >= 0.6 is 0 Å². The second-order valence-corrected chi connectivity index (χ2v) is 6.03. The van der Waals surface area contributed by atoms with Crippen molar-refractivity contribution in [1.82, 2.24) is 14.8 Å². The van der Waals surface area contributed by atoms with Crippen molar-refractivity contribution in [1.29, 1.82) is 0 Å². The Hall–Kier alpha value is -3.02. The Morgan fingerprint density at radius 2 is 1.80 bits per heavy atom. The molecular weight excluding hydrogens is 316 g/mol. The van der Waals surface area contributed by atoms with Crippen LogP contribution < -0.4 is 14.8 Å². The fourth-order valence-corrected chi connectivity index (χ4v) is 3.30. The van der Waals surface area contributed by atoms with E-state index >= 15 is 0 Å². The lowest BCUT2D eigenvalue weighted by molar-refractivity contribution is 0.405. The molecule has 0 saturated carbocycles. The van der Waals surface area contributed by atoms with Gasteiger partial charge in [-0.15, -0.1) is 0 Å². The van der Waals surface area contributed by atoms with Crippen molar-refractivity contribution in [2.24, 2.45) is 0 Å². The Morgan fingerprint density at radius 1 is 1.00 bits per heavy atom. The smallest absolute Gasteiger partial charge is 0.222 e. The van der Waals surface area contributed by atoms with E-state index in [0.717, 1.165) is 29.4 Å². The van der Waals surface area contributed by atoms with Crippen LogP contribution in [0.3, 0.4) is 0 Å². The van der Waals surface area contributed by atoms with E-state index < -0.39 is 0 Å². The van der Waals surface area contributed by atoms with Crippen molar-refractivity contribution in [3.8, 4) is 11.5 Å². The largest absolute Gasteiger partial charge is 0.497 e. The van der Waals surface area contributed by atoms with Gasteiger partial charge in [-0.25, -0.2) is 4.68 Å². The standard InChI is InChI=1S/C19H20N4O2/c1-24-15-8-6-13(7-9-15)17-11-18(23-19(22-17)20-12-21-23)14-4-3-5-16(10-14)25-2/h3-10,12,17-18H,11H2,1-2H3,(H,20,21,22)/t17-,18-/m0/s1. The maximum absolute atomic E-state index is 5.38. The number of ether oxygens (including phenoxy) is 2. The third kappa shape index (κ3) is 2.91. The summed E-state index contributed by atoms with van der Waals surface area (Å²) in [5, 5.41) is 7.88. The topological polar surface area (TPSA) is 61.2 Å². The van der Waals surface area contributed by atoms with E-state index in [4.69, 9.17) is 9.47 Å². The Kier molecular flexibility index (Phi) is 4.01. The van der Waals surface area contributed by atoms with Gasteiger partial charge in [-0.3, -0.25) is 0 Å². The Labute approximate surface area is 146 Å². The first kappa shape index (κ1) is 15.5. The van der Waals surface area contributed by atoms with Crippen molar-refractivity contribution < 1.29 is 9.47 Å². The first-order valence-electron chi connectivity index (χ1n) is 8.22. The molecule has 1 N–H and O–H groups in total. The molecule has 1 aliphatic heterocycles. The number of hydrogen-bond acceptors (Lipinski definition) is 5. The van der Waals surface area contributed by atoms with Crippen LogP contribution in [0.5, 0.6) is 11.5 Å². The maximum atomic E-state index is 5.38. The van der Waals surface area contributed by atoms with Gasteiger partial charge in [0, 0.05) is 0 Å². The molecule has 1 aromatic heterocycles. The summed E-state index contributed by atoms with van der Waals surface area (Å²) in [6.45, 7) is 0. The number of aromatic nitrogens is 3. The highest BCUT2D eigenvalue weighted by atomic mass is 16.5. The van der Waals surface area contributed by atoms with Crippen LogP contribution in [0.25, 0.3) is 0 Å². The first-order valence-corrected chi connectivity index (χ1v) is 8.22. The summed E-state index contributed by atoms with van der Waals surface area (Å²) >= 11 is 0.